The van der Waals surface area contributed by atoms with Crippen molar-refractivity contribution in [2.24, 2.45) is 4.99 Å². The van der Waals surface area contributed by atoms with E-state index in [4.69, 9.17) is 4.74 Å². The number of benzene rings is 1. The van der Waals surface area contributed by atoms with E-state index >= 15 is 0 Å². The summed E-state index contributed by atoms with van der Waals surface area (Å²) in [6.07, 6.45) is -0.538. The molecule has 1 atom stereocenters. The maximum Gasteiger partial charge on any atom is 0.191 e. The zero-order valence-corrected chi connectivity index (χ0v) is 20.1. The second kappa shape index (κ2) is 12.4. The third-order valence-electron chi connectivity index (χ3n) is 4.26. The van der Waals surface area contributed by atoms with Crippen LogP contribution in [0.4, 0.5) is 0 Å². The van der Waals surface area contributed by atoms with Gasteiger partial charge in [-0.2, -0.15) is 0 Å². The molecule has 0 aliphatic rings. The van der Waals surface area contributed by atoms with Crippen LogP contribution in [-0.2, 0) is 0 Å². The topological polar surface area (TPSA) is 69.1 Å². The quantitative estimate of drug-likeness (QED) is 0.281. The number of ether oxygens (including phenoxy) is 1. The molecule has 0 bridgehead atoms. The number of hydrogen-bond donors (Lipinski definition) is 3. The molecule has 1 aromatic rings. The predicted molar refractivity (Wildman–Crippen MR) is 124 cm³/mol. The number of nitrogens with one attached hydrogen (secondary N) is 2. The minimum Gasteiger partial charge on any atom is -0.491 e. The lowest BCUT2D eigenvalue weighted by Gasteiger charge is -2.31. The van der Waals surface area contributed by atoms with Crippen LogP contribution >= 0.6 is 24.0 Å². The average molecular weight is 492 g/mol. The second-order valence-electron chi connectivity index (χ2n) is 7.54. The smallest absolute Gasteiger partial charge is 0.191 e. The van der Waals surface area contributed by atoms with E-state index in [1.165, 1.54) is 0 Å². The van der Waals surface area contributed by atoms with Gasteiger partial charge in [-0.3, -0.25) is 4.99 Å². The fourth-order valence-corrected chi connectivity index (χ4v) is 2.13. The van der Waals surface area contributed by atoms with Crippen molar-refractivity contribution in [1.82, 2.24) is 15.5 Å². The highest BCUT2D eigenvalue weighted by atomic mass is 127. The lowest BCUT2D eigenvalue weighted by atomic mass is 10.1. The van der Waals surface area contributed by atoms with Gasteiger partial charge in [0.1, 0.15) is 5.75 Å². The molecule has 1 rings (SSSR count). The zero-order valence-electron chi connectivity index (χ0n) is 17.7. The summed E-state index contributed by atoms with van der Waals surface area (Å²) in [6.45, 7) is 12.1. The predicted octanol–water partition coefficient (Wildman–Crippen LogP) is 3.02. The van der Waals surface area contributed by atoms with Gasteiger partial charge in [0.15, 0.2) is 5.96 Å². The van der Waals surface area contributed by atoms with Crippen molar-refractivity contribution in [2.45, 2.75) is 52.4 Å². The van der Waals surface area contributed by atoms with Crippen molar-refractivity contribution >= 4 is 29.9 Å². The second-order valence-corrected chi connectivity index (χ2v) is 7.54. The van der Waals surface area contributed by atoms with Crippen LogP contribution in [0, 0.1) is 0 Å². The van der Waals surface area contributed by atoms with Gasteiger partial charge in [-0.05, 0) is 66.4 Å². The molecule has 1 aromatic carbocycles. The molecule has 0 amide bonds. The Bertz CT molecular complexity index is 577. The van der Waals surface area contributed by atoms with Crippen LogP contribution in [0.1, 0.15) is 46.3 Å². The Balaban J connectivity index is 0.00000676. The molecule has 0 spiro atoms. The van der Waals surface area contributed by atoms with Crippen molar-refractivity contribution in [3.63, 3.8) is 0 Å². The highest BCUT2D eigenvalue weighted by molar-refractivity contribution is 14.0. The van der Waals surface area contributed by atoms with Crippen LogP contribution in [0.25, 0.3) is 0 Å². The van der Waals surface area contributed by atoms with E-state index in [2.05, 4.69) is 34.4 Å². The van der Waals surface area contributed by atoms with Crippen LogP contribution in [-0.4, -0.2) is 61.3 Å². The van der Waals surface area contributed by atoms with Crippen molar-refractivity contribution in [3.8, 4) is 5.75 Å². The molecule has 0 aliphatic carbocycles. The van der Waals surface area contributed by atoms with Crippen molar-refractivity contribution in [1.29, 1.82) is 0 Å². The van der Waals surface area contributed by atoms with E-state index in [-0.39, 0.29) is 35.6 Å². The molecule has 0 saturated carbocycles. The number of aliphatic hydroxyl groups is 1. The molecular formula is C20H37IN4O2. The number of rotatable bonds is 9. The Morgan fingerprint density at radius 3 is 2.48 bits per heavy atom. The van der Waals surface area contributed by atoms with Gasteiger partial charge in [0.05, 0.1) is 18.8 Å². The van der Waals surface area contributed by atoms with Gasteiger partial charge in [0, 0.05) is 18.6 Å². The van der Waals surface area contributed by atoms with Gasteiger partial charge in [0.2, 0.25) is 0 Å². The van der Waals surface area contributed by atoms with Gasteiger partial charge in [-0.15, -0.1) is 24.0 Å². The summed E-state index contributed by atoms with van der Waals surface area (Å²) >= 11 is 0. The number of guanidine groups is 1. The summed E-state index contributed by atoms with van der Waals surface area (Å²) in [5, 5.41) is 16.9. The van der Waals surface area contributed by atoms with E-state index in [1.807, 2.05) is 59.1 Å². The molecular weight excluding hydrogens is 455 g/mol. The number of halogens is 1. The molecule has 1 unspecified atom stereocenters. The highest BCUT2D eigenvalue weighted by Gasteiger charge is 2.20. The first-order chi connectivity index (χ1) is 12.2. The van der Waals surface area contributed by atoms with Crippen molar-refractivity contribution in [3.05, 3.63) is 29.8 Å². The average Bonchev–Trinajstić information content (AvgIpc) is 2.56. The van der Waals surface area contributed by atoms with Gasteiger partial charge < -0.3 is 25.4 Å². The Morgan fingerprint density at radius 2 is 1.93 bits per heavy atom. The molecule has 7 heteroatoms. The Hall–Kier alpha value is -1.06. The molecule has 0 aliphatic heterocycles. The van der Waals surface area contributed by atoms with E-state index in [1.54, 1.807) is 0 Å². The molecule has 0 heterocycles. The minimum atomic E-state index is -0.642. The summed E-state index contributed by atoms with van der Waals surface area (Å²) in [7, 11) is 4.09. The van der Waals surface area contributed by atoms with E-state index in [0.717, 1.165) is 17.9 Å². The fraction of sp³-hybridized carbons (Fsp3) is 0.650. The molecule has 6 nitrogen and oxygen atoms in total. The van der Waals surface area contributed by atoms with Crippen LogP contribution < -0.4 is 15.4 Å². The van der Waals surface area contributed by atoms with Gasteiger partial charge in [-0.1, -0.05) is 12.1 Å². The first kappa shape index (κ1) is 25.9. The van der Waals surface area contributed by atoms with Crippen LogP contribution in [0.15, 0.2) is 29.3 Å². The Kier molecular flexibility index (Phi) is 11.9. The summed E-state index contributed by atoms with van der Waals surface area (Å²) in [4.78, 5) is 6.79. The normalized spacial score (nSPS) is 13.3. The SMILES string of the molecule is CCNC(=NCC(C)(C)N(C)C)NCC(O)c1cccc(OC(C)C)c1.I. The van der Waals surface area contributed by atoms with Crippen LogP contribution in [0.2, 0.25) is 0 Å². The van der Waals surface area contributed by atoms with Crippen LogP contribution in [0.5, 0.6) is 5.75 Å². The molecule has 3 N–H and O–H groups in total. The lowest BCUT2D eigenvalue weighted by molar-refractivity contribution is 0.179. The zero-order chi connectivity index (χ0) is 19.7. The third kappa shape index (κ3) is 9.62. The monoisotopic (exact) mass is 492 g/mol. The number of hydrogen-bond acceptors (Lipinski definition) is 4. The van der Waals surface area contributed by atoms with E-state index in [0.29, 0.717) is 19.0 Å². The third-order valence-corrected chi connectivity index (χ3v) is 4.26. The summed E-state index contributed by atoms with van der Waals surface area (Å²) in [5.74, 6) is 1.47. The van der Waals surface area contributed by atoms with E-state index < -0.39 is 6.10 Å². The summed E-state index contributed by atoms with van der Waals surface area (Å²) < 4.78 is 5.70. The number of aliphatic imine (C=N–C) groups is 1. The first-order valence-corrected chi connectivity index (χ1v) is 9.30. The fourth-order valence-electron chi connectivity index (χ4n) is 2.13. The molecule has 156 valence electrons. The van der Waals surface area contributed by atoms with Crippen molar-refractivity contribution < 1.29 is 9.84 Å². The van der Waals surface area contributed by atoms with Gasteiger partial charge >= 0.3 is 0 Å². The Labute approximate surface area is 181 Å². The van der Waals surface area contributed by atoms with Gasteiger partial charge in [-0.25, -0.2) is 0 Å². The maximum atomic E-state index is 10.5. The number of aliphatic hydroxyl groups excluding tert-OH is 1. The number of nitrogens with zero attached hydrogens (tertiary/aromatic N) is 2. The molecule has 0 aromatic heterocycles. The molecule has 0 fully saturated rings. The molecule has 27 heavy (non-hydrogen) atoms. The lowest BCUT2D eigenvalue weighted by Crippen LogP contribution is -2.44. The number of likely N-dealkylation sites (N-methyl/N-ethyl adjacent to an activating group) is 1. The van der Waals surface area contributed by atoms with Crippen molar-refractivity contribution in [2.75, 3.05) is 33.7 Å². The van der Waals surface area contributed by atoms with E-state index in [9.17, 15) is 5.11 Å². The summed E-state index contributed by atoms with van der Waals surface area (Å²) in [6, 6.07) is 7.58. The van der Waals surface area contributed by atoms with Crippen LogP contribution in [0.3, 0.4) is 0 Å². The minimum absolute atomic E-state index is 0. The standard InChI is InChI=1S/C20H36N4O2.HI/c1-8-21-19(23-14-20(4,5)24(6)7)22-13-18(25)16-10-9-11-17(12-16)26-15(2)3;/h9-12,15,18,25H,8,13-14H2,1-7H3,(H2,21,22,23);1H. The maximum absolute atomic E-state index is 10.5. The molecule has 0 radical (unpaired) electrons. The largest absolute Gasteiger partial charge is 0.491 e. The Morgan fingerprint density at radius 1 is 1.26 bits per heavy atom. The first-order valence-electron chi connectivity index (χ1n) is 9.30. The molecule has 0 saturated heterocycles. The highest BCUT2D eigenvalue weighted by Crippen LogP contribution is 2.20. The van der Waals surface area contributed by atoms with Gasteiger partial charge in [0.25, 0.3) is 0 Å². The summed E-state index contributed by atoms with van der Waals surface area (Å²) in [5.41, 5.74) is 0.781.